The molecule has 2 aromatic carbocycles. The molecule has 200 valence electrons. The van der Waals surface area contributed by atoms with Crippen LogP contribution in [0.3, 0.4) is 0 Å². The summed E-state index contributed by atoms with van der Waals surface area (Å²) in [6.07, 6.45) is -0.867. The van der Waals surface area contributed by atoms with Crippen molar-refractivity contribution in [2.75, 3.05) is 11.8 Å². The summed E-state index contributed by atoms with van der Waals surface area (Å²) in [6, 6.07) is 13.9. The molecule has 10 heteroatoms. The first-order valence-corrected chi connectivity index (χ1v) is 13.5. The van der Waals surface area contributed by atoms with Gasteiger partial charge in [0, 0.05) is 22.9 Å². The maximum Gasteiger partial charge on any atom is 0.263 e. The van der Waals surface area contributed by atoms with Crippen LogP contribution in [0.15, 0.2) is 57.9 Å². The number of pyridine rings is 1. The van der Waals surface area contributed by atoms with Crippen LogP contribution in [0.25, 0.3) is 11.1 Å². The third-order valence-electron chi connectivity index (χ3n) is 6.26. The Labute approximate surface area is 222 Å². The molecule has 2 heterocycles. The molecule has 0 spiro atoms. The lowest BCUT2D eigenvalue weighted by Gasteiger charge is -2.18. The Bertz CT molecular complexity index is 1580. The number of aryl methyl sites for hydroxylation is 3. The van der Waals surface area contributed by atoms with Crippen molar-refractivity contribution in [2.24, 2.45) is 0 Å². The molecule has 2 N–H and O–H groups in total. The van der Waals surface area contributed by atoms with E-state index in [2.05, 4.69) is 14.9 Å². The minimum atomic E-state index is -4.01. The number of hydrogen-bond acceptors (Lipinski definition) is 8. The number of aliphatic hydroxyl groups is 1. The smallest absolute Gasteiger partial charge is 0.263 e. The topological polar surface area (TPSA) is 124 Å². The summed E-state index contributed by atoms with van der Waals surface area (Å²) in [6.45, 7) is 9.02. The molecule has 0 fully saturated rings. The van der Waals surface area contributed by atoms with Crippen LogP contribution in [0.4, 0.5) is 5.82 Å². The van der Waals surface area contributed by atoms with Gasteiger partial charge in [0.2, 0.25) is 0 Å². The largest absolute Gasteiger partial charge is 0.491 e. The molecule has 1 unspecified atom stereocenters. The Balaban J connectivity index is 1.69. The van der Waals surface area contributed by atoms with Gasteiger partial charge >= 0.3 is 0 Å². The zero-order chi connectivity index (χ0) is 27.6. The zero-order valence-corrected chi connectivity index (χ0v) is 23.0. The van der Waals surface area contributed by atoms with Crippen LogP contribution in [0.5, 0.6) is 11.5 Å². The second-order valence-electron chi connectivity index (χ2n) is 9.08. The molecule has 0 aliphatic heterocycles. The molecule has 0 saturated heterocycles. The fourth-order valence-electron chi connectivity index (χ4n) is 4.21. The van der Waals surface area contributed by atoms with E-state index in [1.54, 1.807) is 52.1 Å². The molecular weight excluding hydrogens is 506 g/mol. The quantitative estimate of drug-likeness (QED) is 0.290. The van der Waals surface area contributed by atoms with Gasteiger partial charge in [0.1, 0.15) is 12.4 Å². The van der Waals surface area contributed by atoms with E-state index in [-0.39, 0.29) is 17.3 Å². The van der Waals surface area contributed by atoms with Gasteiger partial charge in [0.05, 0.1) is 23.8 Å². The Kier molecular flexibility index (Phi) is 7.75. The van der Waals surface area contributed by atoms with Crippen LogP contribution >= 0.6 is 0 Å². The second-order valence-corrected chi connectivity index (χ2v) is 10.7. The number of ether oxygens (including phenoxy) is 2. The van der Waals surface area contributed by atoms with Crippen molar-refractivity contribution in [3.05, 3.63) is 82.4 Å². The van der Waals surface area contributed by atoms with Crippen LogP contribution in [0.2, 0.25) is 0 Å². The lowest BCUT2D eigenvalue weighted by atomic mass is 9.95. The number of nitrogens with zero attached hydrogens (tertiary/aromatic N) is 2. The SMILES string of the molecule is COc1c(OCc2ccc(-c3ccccc3S(=O)(=O)Nc3noc(C)c3C)c(C(C)O)c2)cc(C)nc1C. The first-order chi connectivity index (χ1) is 18.0. The van der Waals surface area contributed by atoms with E-state index >= 15 is 0 Å². The normalized spacial score (nSPS) is 12.3. The van der Waals surface area contributed by atoms with Gasteiger partial charge in [0.15, 0.2) is 17.3 Å². The first kappa shape index (κ1) is 27.2. The molecule has 38 heavy (non-hydrogen) atoms. The number of sulfonamides is 1. The van der Waals surface area contributed by atoms with Crippen molar-refractivity contribution >= 4 is 15.8 Å². The molecule has 1 atom stereocenters. The van der Waals surface area contributed by atoms with Crippen molar-refractivity contribution in [2.45, 2.75) is 52.2 Å². The van der Waals surface area contributed by atoms with E-state index in [1.165, 1.54) is 6.07 Å². The van der Waals surface area contributed by atoms with E-state index < -0.39 is 16.1 Å². The highest BCUT2D eigenvalue weighted by Crippen LogP contribution is 2.36. The van der Waals surface area contributed by atoms with E-state index in [9.17, 15) is 13.5 Å². The highest BCUT2D eigenvalue weighted by Gasteiger charge is 2.24. The fraction of sp³-hybridized carbons (Fsp3) is 0.286. The highest BCUT2D eigenvalue weighted by molar-refractivity contribution is 7.92. The van der Waals surface area contributed by atoms with Gasteiger partial charge in [-0.1, -0.05) is 35.5 Å². The number of anilines is 1. The average molecular weight is 538 g/mol. The van der Waals surface area contributed by atoms with E-state index in [0.29, 0.717) is 39.5 Å². The molecular formula is C28H31N3O6S. The summed E-state index contributed by atoms with van der Waals surface area (Å²) in [7, 11) is -2.45. The number of aromatic nitrogens is 2. The van der Waals surface area contributed by atoms with Crippen LogP contribution in [-0.2, 0) is 16.6 Å². The summed E-state index contributed by atoms with van der Waals surface area (Å²) in [4.78, 5) is 4.46. The van der Waals surface area contributed by atoms with Crippen LogP contribution in [0, 0.1) is 27.7 Å². The Morgan fingerprint density at radius 1 is 1.05 bits per heavy atom. The van der Waals surface area contributed by atoms with Gasteiger partial charge in [-0.2, -0.15) is 0 Å². The maximum absolute atomic E-state index is 13.4. The van der Waals surface area contributed by atoms with Gasteiger partial charge < -0.3 is 19.1 Å². The molecule has 0 amide bonds. The molecule has 4 rings (SSSR count). The van der Waals surface area contributed by atoms with Gasteiger partial charge in [-0.3, -0.25) is 9.71 Å². The zero-order valence-electron chi connectivity index (χ0n) is 22.2. The van der Waals surface area contributed by atoms with E-state index in [1.807, 2.05) is 32.0 Å². The monoisotopic (exact) mass is 537 g/mol. The minimum Gasteiger partial charge on any atom is -0.491 e. The predicted molar refractivity (Wildman–Crippen MR) is 144 cm³/mol. The Hall–Kier alpha value is -3.89. The predicted octanol–water partition coefficient (Wildman–Crippen LogP) is 5.41. The van der Waals surface area contributed by atoms with Crippen molar-refractivity contribution in [3.63, 3.8) is 0 Å². The summed E-state index contributed by atoms with van der Waals surface area (Å²) >= 11 is 0. The van der Waals surface area contributed by atoms with Crippen LogP contribution in [-0.4, -0.2) is 30.8 Å². The van der Waals surface area contributed by atoms with Crippen molar-refractivity contribution in [3.8, 4) is 22.6 Å². The Morgan fingerprint density at radius 2 is 1.79 bits per heavy atom. The average Bonchev–Trinajstić information content (AvgIpc) is 3.18. The van der Waals surface area contributed by atoms with E-state index in [4.69, 9.17) is 14.0 Å². The number of rotatable bonds is 9. The number of hydrogen-bond donors (Lipinski definition) is 2. The molecule has 2 aromatic heterocycles. The third-order valence-corrected chi connectivity index (χ3v) is 7.65. The molecule has 0 aliphatic rings. The Morgan fingerprint density at radius 3 is 2.45 bits per heavy atom. The van der Waals surface area contributed by atoms with Crippen LogP contribution in [0.1, 0.15) is 46.9 Å². The number of aliphatic hydroxyl groups excluding tert-OH is 1. The van der Waals surface area contributed by atoms with Crippen molar-refractivity contribution < 1.29 is 27.5 Å². The van der Waals surface area contributed by atoms with Crippen molar-refractivity contribution in [1.29, 1.82) is 0 Å². The van der Waals surface area contributed by atoms with Gasteiger partial charge in [-0.15, -0.1) is 0 Å². The summed E-state index contributed by atoms with van der Waals surface area (Å²) in [5.41, 5.74) is 4.54. The second kappa shape index (κ2) is 10.8. The van der Waals surface area contributed by atoms with E-state index in [0.717, 1.165) is 17.0 Å². The summed E-state index contributed by atoms with van der Waals surface area (Å²) in [5.74, 6) is 1.80. The lowest BCUT2D eigenvalue weighted by molar-refractivity contribution is 0.199. The minimum absolute atomic E-state index is 0.0541. The standard InChI is InChI=1S/C28H31N3O6S/c1-16-13-25(27(35-6)18(3)29-16)36-15-21-11-12-22(24(14-21)19(4)32)23-9-7-8-10-26(23)38(33,34)31-28-17(2)20(5)37-30-28/h7-14,19,32H,15H2,1-6H3,(H,30,31). The summed E-state index contributed by atoms with van der Waals surface area (Å²) in [5, 5.41) is 14.5. The van der Waals surface area contributed by atoms with Crippen LogP contribution < -0.4 is 14.2 Å². The van der Waals surface area contributed by atoms with Gasteiger partial charge in [-0.05, 0) is 63.4 Å². The molecule has 0 radical (unpaired) electrons. The van der Waals surface area contributed by atoms with Crippen molar-refractivity contribution in [1.82, 2.24) is 10.1 Å². The lowest BCUT2D eigenvalue weighted by Crippen LogP contribution is -2.15. The molecule has 9 nitrogen and oxygen atoms in total. The maximum atomic E-state index is 13.4. The number of methoxy groups -OCH3 is 1. The molecule has 4 aromatic rings. The summed E-state index contributed by atoms with van der Waals surface area (Å²) < 4.78 is 45.9. The fourth-order valence-corrected chi connectivity index (χ4v) is 5.49. The number of nitrogens with one attached hydrogen (secondary N) is 1. The number of benzene rings is 2. The molecule has 0 aliphatic carbocycles. The highest BCUT2D eigenvalue weighted by atomic mass is 32.2. The molecule has 0 bridgehead atoms. The van der Waals surface area contributed by atoms with Gasteiger partial charge in [-0.25, -0.2) is 8.42 Å². The molecule has 0 saturated carbocycles. The van der Waals surface area contributed by atoms with Gasteiger partial charge in [0.25, 0.3) is 10.0 Å². The third kappa shape index (κ3) is 5.51. The first-order valence-electron chi connectivity index (χ1n) is 12.0.